The highest BCUT2D eigenvalue weighted by molar-refractivity contribution is 5.97. The molecule has 0 spiro atoms. The Morgan fingerprint density at radius 1 is 1.25 bits per heavy atom. The molecule has 0 unspecified atom stereocenters. The fourth-order valence-corrected chi connectivity index (χ4v) is 1.27. The fourth-order valence-electron chi connectivity index (χ4n) is 1.27. The molecule has 0 aliphatic carbocycles. The minimum Gasteiger partial charge on any atom is -0.481 e. The maximum absolute atomic E-state index is 11.7. The number of aliphatic carboxylic acids is 1. The van der Waals surface area contributed by atoms with Crippen molar-refractivity contribution in [3.8, 4) is 0 Å². The van der Waals surface area contributed by atoms with Gasteiger partial charge in [-0.05, 0) is 20.8 Å². The van der Waals surface area contributed by atoms with Gasteiger partial charge in [-0.3, -0.25) is 19.7 Å². The van der Waals surface area contributed by atoms with Crippen molar-refractivity contribution in [3.05, 3.63) is 0 Å². The summed E-state index contributed by atoms with van der Waals surface area (Å²) in [7, 11) is 1.19. The summed E-state index contributed by atoms with van der Waals surface area (Å²) in [6.45, 7) is 4.32. The van der Waals surface area contributed by atoms with E-state index in [1.807, 2.05) is 5.32 Å². The summed E-state index contributed by atoms with van der Waals surface area (Å²) in [5.74, 6) is -2.46. The number of ether oxygens (including phenoxy) is 1. The number of carbonyl (C=O) groups is 4. The highest BCUT2D eigenvalue weighted by Gasteiger charge is 2.31. The lowest BCUT2D eigenvalue weighted by atomic mass is 9.89. The second kappa shape index (κ2) is 7.46. The van der Waals surface area contributed by atoms with Gasteiger partial charge in [0.25, 0.3) is 0 Å². The number of hydrogen-bond donors (Lipinski definition) is 2. The quantitative estimate of drug-likeness (QED) is 0.676. The summed E-state index contributed by atoms with van der Waals surface area (Å²) in [5, 5.41) is 10.9. The van der Waals surface area contributed by atoms with Crippen LogP contribution in [0.2, 0.25) is 0 Å². The molecule has 0 saturated carbocycles. The number of nitrogens with one attached hydrogen (secondary N) is 1. The minimum atomic E-state index is -1.27. The maximum Gasteiger partial charge on any atom is 0.325 e. The molecule has 20 heavy (non-hydrogen) atoms. The zero-order valence-corrected chi connectivity index (χ0v) is 12.1. The van der Waals surface area contributed by atoms with Crippen molar-refractivity contribution in [2.75, 3.05) is 20.2 Å². The standard InChI is InChI=1S/C12H20N2O6/c1-5-14(7-9(16)20-4)11(19)13-8(15)6-12(2,3)10(17)18/h5-7H2,1-4H3,(H,17,18)(H,13,15,19). The summed E-state index contributed by atoms with van der Waals surface area (Å²) in [5.41, 5.74) is -1.27. The number of methoxy groups -OCH3 is 1. The Morgan fingerprint density at radius 3 is 2.20 bits per heavy atom. The number of carboxylic acid groups (broad SMARTS) is 1. The summed E-state index contributed by atoms with van der Waals surface area (Å²) in [4.78, 5) is 46.4. The van der Waals surface area contributed by atoms with Crippen LogP contribution >= 0.6 is 0 Å². The number of urea groups is 1. The van der Waals surface area contributed by atoms with Crippen LogP contribution in [0.3, 0.4) is 0 Å². The van der Waals surface area contributed by atoms with E-state index in [0.29, 0.717) is 0 Å². The van der Waals surface area contributed by atoms with E-state index in [-0.39, 0.29) is 19.5 Å². The molecule has 114 valence electrons. The lowest BCUT2D eigenvalue weighted by molar-refractivity contribution is -0.149. The van der Waals surface area contributed by atoms with Crippen LogP contribution in [0, 0.1) is 5.41 Å². The van der Waals surface area contributed by atoms with Crippen LogP contribution in [0.5, 0.6) is 0 Å². The highest BCUT2D eigenvalue weighted by Crippen LogP contribution is 2.19. The van der Waals surface area contributed by atoms with Gasteiger partial charge in [0.2, 0.25) is 5.91 Å². The molecule has 0 heterocycles. The third kappa shape index (κ3) is 5.68. The fraction of sp³-hybridized carbons (Fsp3) is 0.667. The third-order valence-corrected chi connectivity index (χ3v) is 2.64. The third-order valence-electron chi connectivity index (χ3n) is 2.64. The Hall–Kier alpha value is -2.12. The largest absolute Gasteiger partial charge is 0.481 e. The molecule has 8 nitrogen and oxygen atoms in total. The molecular formula is C12H20N2O6. The van der Waals surface area contributed by atoms with Crippen molar-refractivity contribution in [1.29, 1.82) is 0 Å². The minimum absolute atomic E-state index is 0.205. The second-order valence-electron chi connectivity index (χ2n) is 4.81. The van der Waals surface area contributed by atoms with Gasteiger partial charge in [0, 0.05) is 13.0 Å². The Kier molecular flexibility index (Phi) is 6.67. The lowest BCUT2D eigenvalue weighted by Crippen LogP contribution is -2.46. The van der Waals surface area contributed by atoms with Gasteiger partial charge in [-0.2, -0.15) is 0 Å². The van der Waals surface area contributed by atoms with E-state index in [0.717, 1.165) is 4.90 Å². The van der Waals surface area contributed by atoms with E-state index < -0.39 is 29.3 Å². The van der Waals surface area contributed by atoms with Gasteiger partial charge >= 0.3 is 18.0 Å². The van der Waals surface area contributed by atoms with Gasteiger partial charge in [0.1, 0.15) is 6.54 Å². The molecule has 0 rings (SSSR count). The van der Waals surface area contributed by atoms with Crippen LogP contribution < -0.4 is 5.32 Å². The molecular weight excluding hydrogens is 268 g/mol. The van der Waals surface area contributed by atoms with Gasteiger partial charge in [0.15, 0.2) is 0 Å². The average molecular weight is 288 g/mol. The number of rotatable bonds is 6. The van der Waals surface area contributed by atoms with E-state index >= 15 is 0 Å². The molecule has 0 aromatic rings. The van der Waals surface area contributed by atoms with Crippen molar-refractivity contribution >= 4 is 23.9 Å². The van der Waals surface area contributed by atoms with Crippen LogP contribution in [0.1, 0.15) is 27.2 Å². The lowest BCUT2D eigenvalue weighted by Gasteiger charge is -2.21. The SMILES string of the molecule is CCN(CC(=O)OC)C(=O)NC(=O)CC(C)(C)C(=O)O. The number of hydrogen-bond acceptors (Lipinski definition) is 5. The molecule has 3 amide bonds. The van der Waals surface area contributed by atoms with Crippen LogP contribution in [0.15, 0.2) is 0 Å². The van der Waals surface area contributed by atoms with Gasteiger partial charge < -0.3 is 14.7 Å². The number of nitrogens with zero attached hydrogens (tertiary/aromatic N) is 1. The normalized spacial score (nSPS) is 10.6. The Morgan fingerprint density at radius 2 is 1.80 bits per heavy atom. The van der Waals surface area contributed by atoms with E-state index in [9.17, 15) is 19.2 Å². The van der Waals surface area contributed by atoms with Crippen molar-refractivity contribution in [3.63, 3.8) is 0 Å². The monoisotopic (exact) mass is 288 g/mol. The molecule has 0 aromatic carbocycles. The van der Waals surface area contributed by atoms with E-state index in [1.54, 1.807) is 6.92 Å². The first-order chi connectivity index (χ1) is 9.13. The molecule has 0 aromatic heterocycles. The maximum atomic E-state index is 11.7. The first-order valence-electron chi connectivity index (χ1n) is 6.03. The predicted octanol–water partition coefficient (Wildman–Crippen LogP) is 0.218. The average Bonchev–Trinajstić information content (AvgIpc) is 2.34. The molecule has 0 aliphatic heterocycles. The van der Waals surface area contributed by atoms with E-state index in [1.165, 1.54) is 21.0 Å². The number of carboxylic acids is 1. The summed E-state index contributed by atoms with van der Waals surface area (Å²) in [6, 6.07) is -0.760. The summed E-state index contributed by atoms with van der Waals surface area (Å²) >= 11 is 0. The number of carbonyl (C=O) groups excluding carboxylic acids is 3. The molecule has 0 saturated heterocycles. The zero-order valence-electron chi connectivity index (χ0n) is 12.1. The number of likely N-dealkylation sites (N-methyl/N-ethyl adjacent to an activating group) is 1. The van der Waals surface area contributed by atoms with Crippen molar-refractivity contribution in [1.82, 2.24) is 10.2 Å². The Bertz CT molecular complexity index is 405. The molecule has 8 heteroatoms. The second-order valence-corrected chi connectivity index (χ2v) is 4.81. The smallest absolute Gasteiger partial charge is 0.325 e. The zero-order chi connectivity index (χ0) is 15.9. The van der Waals surface area contributed by atoms with Crippen molar-refractivity contribution in [2.45, 2.75) is 27.2 Å². The highest BCUT2D eigenvalue weighted by atomic mass is 16.5. The first kappa shape index (κ1) is 17.9. The van der Waals surface area contributed by atoms with E-state index in [2.05, 4.69) is 4.74 Å². The molecule has 0 atom stereocenters. The molecule has 0 bridgehead atoms. The van der Waals surface area contributed by atoms with Gasteiger partial charge in [-0.1, -0.05) is 0 Å². The van der Waals surface area contributed by atoms with Crippen molar-refractivity contribution in [2.24, 2.45) is 5.41 Å². The Labute approximate surface area is 117 Å². The predicted molar refractivity (Wildman–Crippen MR) is 68.8 cm³/mol. The van der Waals surface area contributed by atoms with Crippen LogP contribution in [-0.2, 0) is 19.1 Å². The number of imide groups is 1. The topological polar surface area (TPSA) is 113 Å². The van der Waals surface area contributed by atoms with Crippen LogP contribution in [0.25, 0.3) is 0 Å². The molecule has 2 N–H and O–H groups in total. The first-order valence-corrected chi connectivity index (χ1v) is 6.03. The molecule has 0 fully saturated rings. The summed E-state index contributed by atoms with van der Waals surface area (Å²) in [6.07, 6.45) is -0.343. The van der Waals surface area contributed by atoms with Crippen LogP contribution in [0.4, 0.5) is 4.79 Å². The molecule has 0 radical (unpaired) electrons. The summed E-state index contributed by atoms with van der Waals surface area (Å²) < 4.78 is 4.43. The van der Waals surface area contributed by atoms with Crippen molar-refractivity contribution < 1.29 is 29.0 Å². The van der Waals surface area contributed by atoms with Gasteiger partial charge in [-0.15, -0.1) is 0 Å². The number of esters is 1. The van der Waals surface area contributed by atoms with Gasteiger partial charge in [0.05, 0.1) is 12.5 Å². The molecule has 0 aliphatic rings. The van der Waals surface area contributed by atoms with Crippen LogP contribution in [-0.4, -0.2) is 54.1 Å². The van der Waals surface area contributed by atoms with Gasteiger partial charge in [-0.25, -0.2) is 4.79 Å². The number of amides is 3. The Balaban J connectivity index is 4.54. The van der Waals surface area contributed by atoms with E-state index in [4.69, 9.17) is 5.11 Å².